The first-order chi connectivity index (χ1) is 58.1. The Morgan fingerprint density at radius 2 is 0.524 bits per heavy atom. The lowest BCUT2D eigenvalue weighted by Crippen LogP contribution is -2.62. The number of hydrogen-bond donors (Lipinski definition) is 15. The zero-order valence-corrected chi connectivity index (χ0v) is 73.0. The van der Waals surface area contributed by atoms with Crippen molar-refractivity contribution in [2.24, 2.45) is 35.5 Å². The third-order valence-electron chi connectivity index (χ3n) is 18.6. The Hall–Kier alpha value is -0.600. The van der Waals surface area contributed by atoms with Crippen LogP contribution in [0.3, 0.4) is 0 Å². The van der Waals surface area contributed by atoms with Crippen LogP contribution in [0.1, 0.15) is 48.5 Å². The Morgan fingerprint density at radius 3 is 0.935 bits per heavy atom. The molecule has 15 N–H and O–H groups in total. The van der Waals surface area contributed by atoms with Crippen molar-refractivity contribution in [3.05, 3.63) is 0 Å². The average Bonchev–Trinajstić information content (AvgIpc) is 0.779. The standard InChI is InChI=1S/C48H84O64S12/c1-15-29(49)39(101-123(72,73)74)31(51)45(85-15)81-11-25-22(8-82-46-38(98-110-120(66)67)27(35(19(5)88-46)95-107-117(60)61)13-84-47-40(99-111-121(68)69)30(50)36(20(6)89-47)96-108-118(62)63)33(93-105-115(56)57)17(3)86-43(25)79-10-24-23(9-83-48-42(100-112-122(70)71)41(102-124(75,76)77)37(21(7)90-48)97-109-119(64)65)34(94-106-116(58)59)18(4)87-44(24)80-12-26-28(91-103-113(52)53)14-78-16(2)32(26)92-104-114(54)55/h15-51H,8-14H2,1-7H3,(H,52,53)(H,54,55)(H,56,57)(H,58,59)(H,60,61)(H,62,63)(H,64,65)(H,66,67)(H,68,69)(H,70,71)(H,72,73,74)(H,75,76,77)/t15?,16?,17?,18?,19?,20?,21?,22-,23-,24?,25?,26-,27+,28?,29-,30+,31?,32-,33-,34-,35-,36-,37-,38?,39+,40?,41+,42?,43-,44-,45-,46-,47-,48-/m1/s1. The Labute approximate surface area is 723 Å². The maximum atomic E-state index is 12.5. The normalized spacial score (nSPS) is 40.3. The molecular formula is C48H84O64S12. The molecule has 0 spiro atoms. The van der Waals surface area contributed by atoms with Crippen LogP contribution in [0.15, 0.2) is 0 Å². The van der Waals surface area contributed by atoms with E-state index < -0.39 is 388 Å². The molecule has 76 heteroatoms. The van der Waals surface area contributed by atoms with Crippen LogP contribution < -0.4 is 0 Å². The van der Waals surface area contributed by atoms with Gasteiger partial charge in [-0.05, 0) is 48.5 Å². The minimum absolute atomic E-state index is 0.588. The Morgan fingerprint density at radius 1 is 0.258 bits per heavy atom. The van der Waals surface area contributed by atoms with Crippen LogP contribution >= 0.6 is 0 Å². The van der Waals surface area contributed by atoms with Crippen LogP contribution in [0.4, 0.5) is 0 Å². The highest BCUT2D eigenvalue weighted by atomic mass is 32.3. The molecule has 124 heavy (non-hydrogen) atoms. The highest BCUT2D eigenvalue weighted by Crippen LogP contribution is 2.44. The van der Waals surface area contributed by atoms with Crippen molar-refractivity contribution < 1.29 is 291 Å². The van der Waals surface area contributed by atoms with E-state index >= 15 is 0 Å². The molecule has 7 saturated heterocycles. The fourth-order valence-electron chi connectivity index (χ4n) is 13.4. The summed E-state index contributed by atoms with van der Waals surface area (Å²) in [6, 6.07) is 0. The van der Waals surface area contributed by atoms with Crippen LogP contribution in [-0.2, 0) is 297 Å². The summed E-state index contributed by atoms with van der Waals surface area (Å²) in [7, 11) is -11.4. The lowest BCUT2D eigenvalue weighted by Gasteiger charge is -2.49. The van der Waals surface area contributed by atoms with Crippen LogP contribution in [0, 0.1) is 35.5 Å². The molecule has 0 aromatic rings. The summed E-state index contributed by atoms with van der Waals surface area (Å²) in [5, 5.41) is 34.0. The third-order valence-corrected chi connectivity index (χ3v) is 21.5. The monoisotopic (exact) mass is 2070 g/mol. The van der Waals surface area contributed by atoms with Crippen molar-refractivity contribution in [3.63, 3.8) is 0 Å². The van der Waals surface area contributed by atoms with Crippen LogP contribution in [0.5, 0.6) is 0 Å². The van der Waals surface area contributed by atoms with E-state index in [-0.39, 0.29) is 0 Å². The molecule has 0 bridgehead atoms. The smallest absolute Gasteiger partial charge is 0.388 e. The number of aliphatic hydroxyl groups excluding tert-OH is 3. The maximum absolute atomic E-state index is 12.5. The predicted octanol–water partition coefficient (Wildman–Crippen LogP) is -6.34. The fourth-order valence-corrected chi connectivity index (χ4v) is 16.0. The van der Waals surface area contributed by atoms with Gasteiger partial charge in [0.25, 0.3) is 0 Å². The van der Waals surface area contributed by atoms with E-state index in [1.165, 1.54) is 13.8 Å². The van der Waals surface area contributed by atoms with Crippen molar-refractivity contribution in [2.45, 2.75) is 220 Å². The van der Waals surface area contributed by atoms with Gasteiger partial charge in [-0.1, -0.05) is 0 Å². The quantitative estimate of drug-likeness (QED) is 0.0117. The van der Waals surface area contributed by atoms with Crippen molar-refractivity contribution >= 4 is 134 Å². The number of hydrogen-bond acceptors (Lipinski definition) is 52. The summed E-state index contributed by atoms with van der Waals surface area (Å²) in [6.07, 6.45) is -55.9. The second-order valence-electron chi connectivity index (χ2n) is 26.3. The van der Waals surface area contributed by atoms with Gasteiger partial charge >= 0.3 is 134 Å². The summed E-state index contributed by atoms with van der Waals surface area (Å²) in [5.41, 5.74) is 0. The zero-order valence-electron chi connectivity index (χ0n) is 63.2. The van der Waals surface area contributed by atoms with Crippen molar-refractivity contribution in [1.29, 1.82) is 0 Å². The van der Waals surface area contributed by atoms with E-state index in [0.717, 1.165) is 34.6 Å². The van der Waals surface area contributed by atoms with Gasteiger partial charge in [-0.25, -0.2) is 57.2 Å². The SMILES string of the molecule is CC1O[C@@H](OCC2[C@H](OCC3[C@H](OC[C@@H]4C(OOS(=O)O)COC(C)[C@H]4OOS(=O)O)OC(C)[C@@H](OOS(=O)O)[C@@H]3CO[C@@H]3OC(C)[C@@H](OOS(=O)O)[C@H](OS(=O)(=O)O)C3OOS(=O)O)OC(C)[C@@H](OOS(=O)O)[C@@H]2CO[C@@H]2OC(C)[C@@H](OOS(=O)O)[C@H](CO[C@@H]3OC(C)[C@@H](OOS(=O)O)[C@H](O)C3OOS(=O)O)C2OOS(=O)O)C(O)[C@@H](OS(=O)(=O)O)[C@@H]1O. The van der Waals surface area contributed by atoms with Gasteiger partial charge in [0.2, 0.25) is 0 Å². The predicted molar refractivity (Wildman–Crippen MR) is 376 cm³/mol. The molecule has 7 rings (SSSR count). The molecule has 0 saturated carbocycles. The largest absolute Gasteiger partial charge is 0.397 e. The van der Waals surface area contributed by atoms with E-state index in [4.69, 9.17) is 119 Å². The maximum Gasteiger partial charge on any atom is 0.397 e. The second-order valence-corrected chi connectivity index (χ2v) is 34.1. The fraction of sp³-hybridized carbons (Fsp3) is 1.00. The van der Waals surface area contributed by atoms with Gasteiger partial charge in [-0.15, -0.1) is 43.3 Å². The zero-order chi connectivity index (χ0) is 92.1. The molecule has 24 unspecified atom stereocenters. The molecule has 7 heterocycles. The average molecular weight is 2070 g/mol. The van der Waals surface area contributed by atoms with E-state index in [9.17, 15) is 129 Å². The first-order valence-electron chi connectivity index (χ1n) is 34.2. The Bertz CT molecular complexity index is 3760. The molecule has 7 aliphatic heterocycles. The topological polar surface area (TPSA) is 865 Å². The molecular weight excluding hydrogens is 1990 g/mol. The van der Waals surface area contributed by atoms with Gasteiger partial charge in [0, 0.05) is 35.5 Å². The highest BCUT2D eigenvalue weighted by Gasteiger charge is 2.59. The van der Waals surface area contributed by atoms with Gasteiger partial charge in [0.05, 0.1) is 89.0 Å². The minimum Gasteiger partial charge on any atom is -0.388 e. The highest BCUT2D eigenvalue weighted by molar-refractivity contribution is 7.81. The first kappa shape index (κ1) is 110. The van der Waals surface area contributed by atoms with Crippen LogP contribution in [0.2, 0.25) is 0 Å². The molecule has 7 fully saturated rings. The summed E-state index contributed by atoms with van der Waals surface area (Å²) in [4.78, 5) is 51.6. The summed E-state index contributed by atoms with van der Waals surface area (Å²) in [5.74, 6) is -10.8. The third kappa shape index (κ3) is 34.3. The van der Waals surface area contributed by atoms with E-state index in [1.54, 1.807) is 0 Å². The van der Waals surface area contributed by atoms with E-state index in [0.29, 0.717) is 0 Å². The minimum atomic E-state index is -5.79. The number of ether oxygens (including phenoxy) is 13. The van der Waals surface area contributed by atoms with Gasteiger partial charge in [-0.3, -0.25) is 54.6 Å². The van der Waals surface area contributed by atoms with E-state index in [1.807, 2.05) is 0 Å². The van der Waals surface area contributed by atoms with Gasteiger partial charge < -0.3 is 76.9 Å². The summed E-state index contributed by atoms with van der Waals surface area (Å²) >= 11 is -33.4. The van der Waals surface area contributed by atoms with Gasteiger partial charge in [0.1, 0.15) is 67.1 Å². The summed E-state index contributed by atoms with van der Waals surface area (Å²) < 4.78 is 420. The molecule has 64 nitrogen and oxygen atoms in total. The van der Waals surface area contributed by atoms with Gasteiger partial charge in [-0.2, -0.15) is 58.9 Å². The lowest BCUT2D eigenvalue weighted by molar-refractivity contribution is -0.413. The van der Waals surface area contributed by atoms with Crippen LogP contribution in [-0.4, -0.2) is 347 Å². The lowest BCUT2D eigenvalue weighted by atomic mass is 9.82. The molecule has 44 atom stereocenters. The van der Waals surface area contributed by atoms with Crippen molar-refractivity contribution in [2.75, 3.05) is 46.2 Å². The number of aliphatic hydroxyl groups is 3. The molecule has 0 radical (unpaired) electrons. The molecule has 7 aliphatic rings. The Balaban J connectivity index is 1.40. The van der Waals surface area contributed by atoms with E-state index in [2.05, 4.69) is 43.2 Å². The summed E-state index contributed by atoms with van der Waals surface area (Å²) in [6.45, 7) is 0.847. The molecule has 0 amide bonds. The second kappa shape index (κ2) is 52.5. The molecule has 0 aromatic heterocycles. The Kier molecular flexibility index (Phi) is 46.7. The molecule has 732 valence electrons. The first-order valence-corrected chi connectivity index (χ1v) is 47.2. The van der Waals surface area contributed by atoms with Crippen molar-refractivity contribution in [1.82, 2.24) is 0 Å². The number of rotatable bonds is 52. The van der Waals surface area contributed by atoms with Crippen molar-refractivity contribution in [3.8, 4) is 0 Å². The molecule has 0 aliphatic carbocycles. The van der Waals surface area contributed by atoms with Gasteiger partial charge in [0.15, 0.2) is 62.2 Å². The molecule has 0 aromatic carbocycles. The van der Waals surface area contributed by atoms with Crippen LogP contribution in [0.25, 0.3) is 0 Å².